The summed E-state index contributed by atoms with van der Waals surface area (Å²) in [7, 11) is -0.701. The zero-order chi connectivity index (χ0) is 14.4. The molecular weight excluding hydrogens is 266 g/mol. The average Bonchev–Trinajstić information content (AvgIpc) is 2.64. The highest BCUT2D eigenvalue weighted by Crippen LogP contribution is 2.28. The summed E-state index contributed by atoms with van der Waals surface area (Å²) in [4.78, 5) is 4.90. The molecule has 0 radical (unpaired) electrons. The number of nitrogens with zero attached hydrogens (tertiary/aromatic N) is 3. The lowest BCUT2D eigenvalue weighted by Gasteiger charge is -2.34. The fourth-order valence-electron chi connectivity index (χ4n) is 2.20. The normalized spacial score (nSPS) is 13.0. The maximum Gasteiger partial charge on any atom is 0.189 e. The van der Waals surface area contributed by atoms with E-state index in [1.54, 1.807) is 0 Å². The molecule has 5 heteroatoms. The molecule has 2 aromatic rings. The van der Waals surface area contributed by atoms with Crippen LogP contribution in [0.5, 0.6) is 0 Å². The highest BCUT2D eigenvalue weighted by atomic mass is 28.3. The minimum atomic E-state index is -1.50. The number of benzene rings is 1. The minimum Gasteiger partial charge on any atom is -0.373 e. The molecule has 0 bridgehead atoms. The van der Waals surface area contributed by atoms with Gasteiger partial charge in [0.25, 0.3) is 0 Å². The minimum absolute atomic E-state index is 1.12. The van der Waals surface area contributed by atoms with Crippen LogP contribution >= 0.6 is 0 Å². The summed E-state index contributed by atoms with van der Waals surface area (Å²) in [5.41, 5.74) is 2.40. The molecule has 19 heavy (non-hydrogen) atoms. The van der Waals surface area contributed by atoms with Gasteiger partial charge in [-0.3, -0.25) is 0 Å². The van der Waals surface area contributed by atoms with E-state index in [2.05, 4.69) is 79.4 Å². The van der Waals surface area contributed by atoms with Gasteiger partial charge in [-0.05, 0) is 12.1 Å². The molecule has 0 atom stereocenters. The maximum absolute atomic E-state index is 4.90. The molecule has 0 amide bonds. The largest absolute Gasteiger partial charge is 0.373 e. The number of para-hydroxylation sites is 2. The summed E-state index contributed by atoms with van der Waals surface area (Å²) in [5.74, 6) is 1.15. The van der Waals surface area contributed by atoms with Crippen LogP contribution in [0.25, 0.3) is 11.0 Å². The summed E-state index contributed by atoms with van der Waals surface area (Å²) in [6, 6.07) is 8.50. The van der Waals surface area contributed by atoms with Gasteiger partial charge in [0.05, 0.1) is 11.0 Å². The smallest absolute Gasteiger partial charge is 0.189 e. The molecule has 0 saturated carbocycles. The number of imidazole rings is 1. The van der Waals surface area contributed by atoms with E-state index in [1.807, 2.05) is 0 Å². The van der Waals surface area contributed by atoms with Crippen LogP contribution in [0.3, 0.4) is 0 Å². The molecule has 1 heterocycles. The van der Waals surface area contributed by atoms with Crippen LogP contribution in [0.2, 0.25) is 39.3 Å². The molecule has 0 unspecified atom stereocenters. The second-order valence-electron chi connectivity index (χ2n) is 7.14. The Hall–Kier alpha value is -1.08. The van der Waals surface area contributed by atoms with Crippen LogP contribution in [0.15, 0.2) is 24.3 Å². The van der Waals surface area contributed by atoms with Crippen molar-refractivity contribution in [2.45, 2.75) is 39.3 Å². The molecule has 0 saturated heterocycles. The molecule has 0 N–H and O–H groups in total. The first-order valence-electron chi connectivity index (χ1n) is 6.84. The lowest BCUT2D eigenvalue weighted by atomic mass is 10.3. The average molecular weight is 292 g/mol. The highest BCUT2D eigenvalue weighted by molar-refractivity contribution is 6.80. The summed E-state index contributed by atoms with van der Waals surface area (Å²) in [6.07, 6.45) is 0. The highest BCUT2D eigenvalue weighted by Gasteiger charge is 2.30. The fourth-order valence-corrected chi connectivity index (χ4v) is 4.76. The van der Waals surface area contributed by atoms with E-state index in [4.69, 9.17) is 4.98 Å². The van der Waals surface area contributed by atoms with Crippen molar-refractivity contribution in [3.63, 3.8) is 0 Å². The van der Waals surface area contributed by atoms with Crippen LogP contribution < -0.4 is 4.57 Å². The fraction of sp³-hybridized carbons (Fsp3) is 0.500. The van der Waals surface area contributed by atoms with Crippen molar-refractivity contribution in [2.75, 3.05) is 11.6 Å². The Balaban J connectivity index is 2.74. The molecular formula is C14H25N3Si2. The van der Waals surface area contributed by atoms with E-state index >= 15 is 0 Å². The molecule has 104 valence electrons. The first kappa shape index (κ1) is 14.3. The lowest BCUT2D eigenvalue weighted by Crippen LogP contribution is -2.47. The van der Waals surface area contributed by atoms with E-state index < -0.39 is 16.5 Å². The zero-order valence-electron chi connectivity index (χ0n) is 13.2. The van der Waals surface area contributed by atoms with Gasteiger partial charge in [-0.25, -0.2) is 4.98 Å². The van der Waals surface area contributed by atoms with Gasteiger partial charge >= 0.3 is 0 Å². The van der Waals surface area contributed by atoms with E-state index in [1.165, 1.54) is 5.52 Å². The number of hydrogen-bond donors (Lipinski definition) is 0. The lowest BCUT2D eigenvalue weighted by molar-refractivity contribution is 1.06. The molecule has 1 aromatic carbocycles. The van der Waals surface area contributed by atoms with Gasteiger partial charge in [0, 0.05) is 7.05 Å². The van der Waals surface area contributed by atoms with Crippen LogP contribution in [-0.2, 0) is 0 Å². The SMILES string of the molecule is CN(c1nc2ccccc2n1[Si](C)(C)C)[Si](C)(C)C. The van der Waals surface area contributed by atoms with Gasteiger partial charge in [0.15, 0.2) is 22.4 Å². The Morgan fingerprint density at radius 1 is 1.00 bits per heavy atom. The molecule has 0 spiro atoms. The molecule has 0 aliphatic rings. The van der Waals surface area contributed by atoms with Gasteiger partial charge in [0.2, 0.25) is 0 Å². The Morgan fingerprint density at radius 2 is 1.58 bits per heavy atom. The maximum atomic E-state index is 4.90. The quantitative estimate of drug-likeness (QED) is 0.797. The second-order valence-corrected chi connectivity index (χ2v) is 16.9. The molecule has 0 aliphatic heterocycles. The van der Waals surface area contributed by atoms with Crippen molar-refractivity contribution in [2.24, 2.45) is 0 Å². The standard InChI is InChI=1S/C14H25N3Si2/c1-16(18(2,3)4)14-15-12-10-8-9-11-13(12)17(14)19(5,6)7/h8-11H,1-7H3. The molecule has 3 nitrogen and oxygen atoms in total. The van der Waals surface area contributed by atoms with Crippen molar-refractivity contribution in [3.05, 3.63) is 24.3 Å². The van der Waals surface area contributed by atoms with E-state index in [0.717, 1.165) is 11.5 Å². The third-order valence-electron chi connectivity index (χ3n) is 3.52. The van der Waals surface area contributed by atoms with Crippen molar-refractivity contribution in [3.8, 4) is 0 Å². The first-order valence-corrected chi connectivity index (χ1v) is 13.7. The summed E-state index contributed by atoms with van der Waals surface area (Å²) < 4.78 is 4.92. The number of hydrogen-bond acceptors (Lipinski definition) is 2. The first-order chi connectivity index (χ1) is 8.62. The second kappa shape index (κ2) is 4.49. The van der Waals surface area contributed by atoms with E-state index in [0.29, 0.717) is 0 Å². The molecule has 0 fully saturated rings. The van der Waals surface area contributed by atoms with Crippen LogP contribution in [0.4, 0.5) is 5.95 Å². The van der Waals surface area contributed by atoms with Gasteiger partial charge in [-0.15, -0.1) is 0 Å². The van der Waals surface area contributed by atoms with Gasteiger partial charge in [0.1, 0.15) is 0 Å². The molecule has 0 aliphatic carbocycles. The molecule has 2 rings (SSSR count). The Bertz CT molecular complexity index is 591. The van der Waals surface area contributed by atoms with E-state index in [9.17, 15) is 0 Å². The van der Waals surface area contributed by atoms with Crippen LogP contribution in [0, 0.1) is 0 Å². The van der Waals surface area contributed by atoms with Gasteiger partial charge in [-0.1, -0.05) is 51.4 Å². The van der Waals surface area contributed by atoms with Gasteiger partial charge < -0.3 is 8.80 Å². The summed E-state index contributed by atoms with van der Waals surface area (Å²) >= 11 is 0. The Morgan fingerprint density at radius 3 is 2.11 bits per heavy atom. The third kappa shape index (κ3) is 2.62. The topological polar surface area (TPSA) is 21.1 Å². The Kier molecular flexibility index (Phi) is 3.39. The number of aromatic nitrogens is 2. The predicted molar refractivity (Wildman–Crippen MR) is 90.2 cm³/mol. The number of anilines is 1. The summed E-state index contributed by atoms with van der Waals surface area (Å²) in [5, 5.41) is 0. The molecule has 1 aromatic heterocycles. The van der Waals surface area contributed by atoms with Crippen LogP contribution in [-0.4, -0.2) is 32.7 Å². The predicted octanol–water partition coefficient (Wildman–Crippen LogP) is 3.99. The Labute approximate surface area is 118 Å². The third-order valence-corrected chi connectivity index (χ3v) is 7.52. The van der Waals surface area contributed by atoms with Crippen molar-refractivity contribution in [1.82, 2.24) is 9.22 Å². The van der Waals surface area contributed by atoms with Crippen molar-refractivity contribution < 1.29 is 0 Å². The zero-order valence-corrected chi connectivity index (χ0v) is 15.2. The number of fused-ring (bicyclic) bond motifs is 1. The summed E-state index contributed by atoms with van der Waals surface area (Å²) in [6.45, 7) is 14.2. The van der Waals surface area contributed by atoms with Gasteiger partial charge in [-0.2, -0.15) is 0 Å². The monoisotopic (exact) mass is 291 g/mol. The number of rotatable bonds is 3. The van der Waals surface area contributed by atoms with Crippen molar-refractivity contribution in [1.29, 1.82) is 0 Å². The van der Waals surface area contributed by atoms with Crippen LogP contribution in [0.1, 0.15) is 0 Å². The van der Waals surface area contributed by atoms with E-state index in [-0.39, 0.29) is 0 Å². The van der Waals surface area contributed by atoms with Crippen molar-refractivity contribution >= 4 is 33.5 Å².